The molecule has 1 saturated heterocycles. The molecule has 2 unspecified atom stereocenters. The van der Waals surface area contributed by atoms with Crippen molar-refractivity contribution in [3.63, 3.8) is 0 Å². The number of hydrogen-bond acceptors (Lipinski definition) is 4. The molecule has 0 saturated carbocycles. The maximum Gasteiger partial charge on any atom is 0.158 e. The number of anilines is 1. The van der Waals surface area contributed by atoms with Gasteiger partial charge in [0.1, 0.15) is 11.9 Å². The summed E-state index contributed by atoms with van der Waals surface area (Å²) in [5.41, 5.74) is 0.377. The van der Waals surface area contributed by atoms with Crippen LogP contribution in [0.1, 0.15) is 26.0 Å². The zero-order valence-corrected chi connectivity index (χ0v) is 9.72. The van der Waals surface area contributed by atoms with Crippen molar-refractivity contribution in [2.75, 3.05) is 18.0 Å². The van der Waals surface area contributed by atoms with Gasteiger partial charge in [0.2, 0.25) is 0 Å². The highest BCUT2D eigenvalue weighted by atomic mass is 15.2. The molecule has 0 bridgehead atoms. The van der Waals surface area contributed by atoms with Gasteiger partial charge in [-0.1, -0.05) is 13.8 Å². The third-order valence-electron chi connectivity index (χ3n) is 3.41. The van der Waals surface area contributed by atoms with Crippen molar-refractivity contribution in [3.8, 4) is 6.07 Å². The Balaban J connectivity index is 2.10. The van der Waals surface area contributed by atoms with Crippen molar-refractivity contribution in [1.29, 1.82) is 5.26 Å². The molecule has 0 aliphatic carbocycles. The van der Waals surface area contributed by atoms with Gasteiger partial charge in [-0.25, -0.2) is 9.97 Å². The zero-order chi connectivity index (χ0) is 11.5. The fraction of sp³-hybridized carbons (Fsp3) is 0.583. The van der Waals surface area contributed by atoms with Gasteiger partial charge in [0.15, 0.2) is 5.69 Å². The Hall–Kier alpha value is -1.63. The molecule has 0 N–H and O–H groups in total. The second kappa shape index (κ2) is 4.48. The molecule has 0 spiro atoms. The molecule has 1 fully saturated rings. The van der Waals surface area contributed by atoms with Gasteiger partial charge in [-0.2, -0.15) is 5.26 Å². The zero-order valence-electron chi connectivity index (χ0n) is 9.72. The Labute approximate surface area is 95.9 Å². The van der Waals surface area contributed by atoms with Gasteiger partial charge in [-0.3, -0.25) is 0 Å². The number of piperidine rings is 1. The Kier molecular flexibility index (Phi) is 3.04. The average Bonchev–Trinajstić information content (AvgIpc) is 2.33. The van der Waals surface area contributed by atoms with E-state index in [2.05, 4.69) is 28.7 Å². The van der Waals surface area contributed by atoms with Crippen LogP contribution >= 0.6 is 0 Å². The van der Waals surface area contributed by atoms with Crippen molar-refractivity contribution >= 4 is 5.82 Å². The van der Waals surface area contributed by atoms with E-state index in [1.807, 2.05) is 6.07 Å². The summed E-state index contributed by atoms with van der Waals surface area (Å²) in [7, 11) is 0. The van der Waals surface area contributed by atoms with Crippen LogP contribution in [0.25, 0.3) is 0 Å². The molecule has 4 nitrogen and oxygen atoms in total. The van der Waals surface area contributed by atoms with Crippen LogP contribution < -0.4 is 4.90 Å². The number of aromatic nitrogens is 2. The Bertz CT molecular complexity index is 392. The van der Waals surface area contributed by atoms with Crippen LogP contribution in [-0.4, -0.2) is 23.1 Å². The monoisotopic (exact) mass is 216 g/mol. The van der Waals surface area contributed by atoms with Crippen molar-refractivity contribution < 1.29 is 0 Å². The van der Waals surface area contributed by atoms with E-state index in [9.17, 15) is 0 Å². The summed E-state index contributed by atoms with van der Waals surface area (Å²) in [5.74, 6) is 2.35. The van der Waals surface area contributed by atoms with Crippen molar-refractivity contribution in [1.82, 2.24) is 9.97 Å². The van der Waals surface area contributed by atoms with Crippen molar-refractivity contribution in [2.24, 2.45) is 11.8 Å². The Morgan fingerprint density at radius 1 is 1.31 bits per heavy atom. The van der Waals surface area contributed by atoms with E-state index in [4.69, 9.17) is 5.26 Å². The maximum atomic E-state index is 8.65. The van der Waals surface area contributed by atoms with Crippen LogP contribution in [0, 0.1) is 23.2 Å². The summed E-state index contributed by atoms with van der Waals surface area (Å²) in [6.45, 7) is 6.63. The molecular formula is C12H16N4. The first-order valence-corrected chi connectivity index (χ1v) is 5.68. The first-order chi connectivity index (χ1) is 7.70. The fourth-order valence-electron chi connectivity index (χ4n) is 2.01. The molecule has 16 heavy (non-hydrogen) atoms. The number of rotatable bonds is 1. The largest absolute Gasteiger partial charge is 0.355 e. The molecule has 1 aromatic heterocycles. The second-order valence-electron chi connectivity index (χ2n) is 4.56. The Morgan fingerprint density at radius 3 is 2.69 bits per heavy atom. The van der Waals surface area contributed by atoms with Gasteiger partial charge in [0.25, 0.3) is 0 Å². The highest BCUT2D eigenvalue weighted by Gasteiger charge is 2.23. The van der Waals surface area contributed by atoms with Gasteiger partial charge >= 0.3 is 0 Å². The minimum absolute atomic E-state index is 0.377. The molecule has 1 aliphatic heterocycles. The number of nitriles is 1. The third-order valence-corrected chi connectivity index (χ3v) is 3.41. The predicted molar refractivity (Wildman–Crippen MR) is 61.9 cm³/mol. The highest BCUT2D eigenvalue weighted by molar-refractivity contribution is 5.37. The molecule has 0 amide bonds. The third kappa shape index (κ3) is 2.13. The van der Waals surface area contributed by atoms with Gasteiger partial charge in [-0.05, 0) is 18.3 Å². The lowest BCUT2D eigenvalue weighted by Crippen LogP contribution is -2.38. The molecule has 4 heteroatoms. The van der Waals surface area contributed by atoms with Gasteiger partial charge < -0.3 is 4.90 Å². The summed E-state index contributed by atoms with van der Waals surface area (Å²) in [6, 6.07) is 1.98. The smallest absolute Gasteiger partial charge is 0.158 e. The molecule has 0 aromatic carbocycles. The fourth-order valence-corrected chi connectivity index (χ4v) is 2.01. The first-order valence-electron chi connectivity index (χ1n) is 5.68. The normalized spacial score (nSPS) is 25.2. The Morgan fingerprint density at radius 2 is 2.12 bits per heavy atom. The maximum absolute atomic E-state index is 8.65. The summed E-state index contributed by atoms with van der Waals surface area (Å²) < 4.78 is 0. The molecule has 2 atom stereocenters. The van der Waals surface area contributed by atoms with Crippen LogP contribution in [0.5, 0.6) is 0 Å². The lowest BCUT2D eigenvalue weighted by Gasteiger charge is -2.35. The van der Waals surface area contributed by atoms with Gasteiger partial charge in [0, 0.05) is 13.1 Å². The molecule has 2 heterocycles. The van der Waals surface area contributed by atoms with Crippen LogP contribution in [0.3, 0.4) is 0 Å². The number of hydrogen-bond donors (Lipinski definition) is 0. The van der Waals surface area contributed by atoms with Crippen molar-refractivity contribution in [3.05, 3.63) is 18.1 Å². The molecule has 2 rings (SSSR count). The van der Waals surface area contributed by atoms with E-state index >= 15 is 0 Å². The predicted octanol–water partition coefficient (Wildman–Crippen LogP) is 1.83. The summed E-state index contributed by atoms with van der Waals surface area (Å²) in [5, 5.41) is 8.65. The van der Waals surface area contributed by atoms with Crippen LogP contribution in [0.2, 0.25) is 0 Å². The summed E-state index contributed by atoms with van der Waals surface area (Å²) in [4.78, 5) is 10.6. The molecule has 84 valence electrons. The van der Waals surface area contributed by atoms with Crippen LogP contribution in [-0.2, 0) is 0 Å². The molecular weight excluding hydrogens is 200 g/mol. The minimum Gasteiger partial charge on any atom is -0.355 e. The second-order valence-corrected chi connectivity index (χ2v) is 4.56. The van der Waals surface area contributed by atoms with E-state index in [0.29, 0.717) is 11.6 Å². The lowest BCUT2D eigenvalue weighted by atomic mass is 9.89. The summed E-state index contributed by atoms with van der Waals surface area (Å²) >= 11 is 0. The van der Waals surface area contributed by atoms with E-state index in [1.165, 1.54) is 12.6 Å². The standard InChI is InChI=1S/C12H16N4/c1-9-3-4-16(8-10(9)2)12-7-14-11(5-13)6-15-12/h6-7,9-10H,3-4,8H2,1-2H3. The van der Waals surface area contributed by atoms with E-state index in [1.54, 1.807) is 6.20 Å². The minimum atomic E-state index is 0.377. The van der Waals surface area contributed by atoms with E-state index in [-0.39, 0.29) is 0 Å². The topological polar surface area (TPSA) is 52.8 Å². The SMILES string of the molecule is CC1CCN(c2cnc(C#N)cn2)CC1C. The quantitative estimate of drug-likeness (QED) is 0.718. The molecule has 1 aromatic rings. The average molecular weight is 216 g/mol. The first kappa shape index (κ1) is 10.9. The van der Waals surface area contributed by atoms with E-state index in [0.717, 1.165) is 24.8 Å². The lowest BCUT2D eigenvalue weighted by molar-refractivity contribution is 0.322. The molecule has 0 radical (unpaired) electrons. The highest BCUT2D eigenvalue weighted by Crippen LogP contribution is 2.25. The van der Waals surface area contributed by atoms with Crippen molar-refractivity contribution in [2.45, 2.75) is 20.3 Å². The van der Waals surface area contributed by atoms with Crippen LogP contribution in [0.15, 0.2) is 12.4 Å². The number of nitrogens with zero attached hydrogens (tertiary/aromatic N) is 4. The van der Waals surface area contributed by atoms with Gasteiger partial charge in [0.05, 0.1) is 12.4 Å². The van der Waals surface area contributed by atoms with Crippen LogP contribution in [0.4, 0.5) is 5.82 Å². The summed E-state index contributed by atoms with van der Waals surface area (Å²) in [6.07, 6.45) is 4.43. The molecule has 1 aliphatic rings. The van der Waals surface area contributed by atoms with Gasteiger partial charge in [-0.15, -0.1) is 0 Å². The van der Waals surface area contributed by atoms with E-state index < -0.39 is 0 Å².